The first-order valence-corrected chi connectivity index (χ1v) is 9.87. The number of carbonyl (C=O) groups excluding carboxylic acids is 3. The van der Waals surface area contributed by atoms with Crippen LogP contribution in [0.25, 0.3) is 0 Å². The molecular weight excluding hydrogens is 392 g/mol. The third-order valence-corrected chi connectivity index (χ3v) is 5.14. The topological polar surface area (TPSA) is 100 Å². The third kappa shape index (κ3) is 4.94. The average Bonchev–Trinajstić information content (AvgIpc) is 3.11. The summed E-state index contributed by atoms with van der Waals surface area (Å²) in [6, 6.07) is 13.2. The molecule has 1 fully saturated rings. The highest BCUT2D eigenvalue weighted by Gasteiger charge is 2.26. The maximum Gasteiger partial charge on any atom is 0.271 e. The number of thioether (sulfide) groups is 1. The van der Waals surface area contributed by atoms with Crippen molar-refractivity contribution in [3.63, 3.8) is 0 Å². The molecule has 3 rings (SSSR count). The van der Waals surface area contributed by atoms with Crippen molar-refractivity contribution in [2.24, 2.45) is 5.10 Å². The van der Waals surface area contributed by atoms with Gasteiger partial charge >= 0.3 is 0 Å². The van der Waals surface area contributed by atoms with Gasteiger partial charge in [0.05, 0.1) is 12.9 Å². The molecule has 2 aromatic rings. The molecule has 0 radical (unpaired) electrons. The Kier molecular flexibility index (Phi) is 6.50. The molecule has 0 atom stereocenters. The number of ether oxygens (including phenoxy) is 1. The molecule has 0 aromatic heterocycles. The summed E-state index contributed by atoms with van der Waals surface area (Å²) in [5, 5.41) is 7.28. The van der Waals surface area contributed by atoms with E-state index < -0.39 is 5.91 Å². The lowest BCUT2D eigenvalue weighted by atomic mass is 10.1. The first-order valence-electron chi connectivity index (χ1n) is 8.88. The smallest absolute Gasteiger partial charge is 0.271 e. The normalized spacial score (nSPS) is 14.8. The van der Waals surface area contributed by atoms with Crippen LogP contribution in [0.2, 0.25) is 0 Å². The predicted octanol–water partition coefficient (Wildman–Crippen LogP) is 2.54. The van der Waals surface area contributed by atoms with Crippen molar-refractivity contribution in [3.05, 3.63) is 59.7 Å². The second-order valence-electron chi connectivity index (χ2n) is 6.02. The van der Waals surface area contributed by atoms with Gasteiger partial charge in [0.15, 0.2) is 5.17 Å². The summed E-state index contributed by atoms with van der Waals surface area (Å²) in [5.74, 6) is 0.302. The van der Waals surface area contributed by atoms with Crippen LogP contribution in [0, 0.1) is 0 Å². The molecule has 1 aliphatic heterocycles. The summed E-state index contributed by atoms with van der Waals surface area (Å²) in [5.41, 5.74) is 3.89. The molecule has 1 aliphatic rings. The molecule has 3 amide bonds. The SMILES string of the molecule is CCN1C(=O)CS/C1=N/NC(=O)c1ccc(NC(=O)c2ccc(OC)cc2)cc1. The van der Waals surface area contributed by atoms with E-state index in [2.05, 4.69) is 15.8 Å². The molecule has 0 bridgehead atoms. The zero-order chi connectivity index (χ0) is 20.8. The van der Waals surface area contributed by atoms with Gasteiger partial charge < -0.3 is 10.1 Å². The van der Waals surface area contributed by atoms with E-state index in [-0.39, 0.29) is 11.8 Å². The Labute approximate surface area is 172 Å². The minimum Gasteiger partial charge on any atom is -0.497 e. The number of nitrogens with zero attached hydrogens (tertiary/aromatic N) is 2. The van der Waals surface area contributed by atoms with E-state index in [4.69, 9.17) is 4.74 Å². The van der Waals surface area contributed by atoms with Gasteiger partial charge in [-0.25, -0.2) is 5.43 Å². The summed E-state index contributed by atoms with van der Waals surface area (Å²) >= 11 is 1.29. The largest absolute Gasteiger partial charge is 0.497 e. The number of benzene rings is 2. The van der Waals surface area contributed by atoms with Crippen molar-refractivity contribution in [2.45, 2.75) is 6.92 Å². The predicted molar refractivity (Wildman–Crippen MR) is 112 cm³/mol. The van der Waals surface area contributed by atoms with E-state index in [9.17, 15) is 14.4 Å². The Balaban J connectivity index is 1.59. The van der Waals surface area contributed by atoms with Crippen LogP contribution in [0.3, 0.4) is 0 Å². The number of hydrogen-bond donors (Lipinski definition) is 2. The Bertz CT molecular complexity index is 942. The van der Waals surface area contributed by atoms with Crippen molar-refractivity contribution < 1.29 is 19.1 Å². The second-order valence-corrected chi connectivity index (χ2v) is 6.96. The average molecular weight is 412 g/mol. The van der Waals surface area contributed by atoms with E-state index in [1.807, 2.05) is 6.92 Å². The molecule has 1 heterocycles. The van der Waals surface area contributed by atoms with Crippen molar-refractivity contribution in [1.29, 1.82) is 0 Å². The molecule has 2 N–H and O–H groups in total. The molecule has 8 nitrogen and oxygen atoms in total. The van der Waals surface area contributed by atoms with Crippen LogP contribution in [0.4, 0.5) is 5.69 Å². The summed E-state index contributed by atoms with van der Waals surface area (Å²) in [6.45, 7) is 2.35. The third-order valence-electron chi connectivity index (χ3n) is 4.18. The maximum absolute atomic E-state index is 12.3. The van der Waals surface area contributed by atoms with Gasteiger partial charge in [-0.3, -0.25) is 19.3 Å². The lowest BCUT2D eigenvalue weighted by Crippen LogP contribution is -2.31. The monoisotopic (exact) mass is 412 g/mol. The highest BCUT2D eigenvalue weighted by molar-refractivity contribution is 8.15. The first-order chi connectivity index (χ1) is 14.0. The molecule has 1 saturated heterocycles. The molecule has 9 heteroatoms. The van der Waals surface area contributed by atoms with Gasteiger partial charge in [-0.05, 0) is 55.5 Å². The number of nitrogens with one attached hydrogen (secondary N) is 2. The van der Waals surface area contributed by atoms with Crippen LogP contribution in [0.5, 0.6) is 5.75 Å². The van der Waals surface area contributed by atoms with Crippen molar-refractivity contribution >= 4 is 40.3 Å². The van der Waals surface area contributed by atoms with Crippen LogP contribution < -0.4 is 15.5 Å². The van der Waals surface area contributed by atoms with Crippen molar-refractivity contribution in [3.8, 4) is 5.75 Å². The molecule has 0 spiro atoms. The fourth-order valence-corrected chi connectivity index (χ4v) is 3.51. The number of hydrogen-bond acceptors (Lipinski definition) is 6. The van der Waals surface area contributed by atoms with Crippen LogP contribution in [0.1, 0.15) is 27.6 Å². The molecule has 150 valence electrons. The minimum absolute atomic E-state index is 0.0255. The molecule has 2 aromatic carbocycles. The van der Waals surface area contributed by atoms with Crippen molar-refractivity contribution in [1.82, 2.24) is 10.3 Å². The summed E-state index contributed by atoms with van der Waals surface area (Å²) < 4.78 is 5.07. The number of carbonyl (C=O) groups is 3. The number of amides is 3. The van der Waals surface area contributed by atoms with Gasteiger partial charge in [0.1, 0.15) is 5.75 Å². The van der Waals surface area contributed by atoms with Crippen LogP contribution in [-0.4, -0.2) is 47.2 Å². The van der Waals surface area contributed by atoms with E-state index in [0.717, 1.165) is 0 Å². The highest BCUT2D eigenvalue weighted by Crippen LogP contribution is 2.18. The first kappa shape index (κ1) is 20.4. The van der Waals surface area contributed by atoms with E-state index in [1.54, 1.807) is 55.6 Å². The number of hydrazone groups is 1. The van der Waals surface area contributed by atoms with E-state index in [1.165, 1.54) is 16.7 Å². The number of anilines is 1. The van der Waals surface area contributed by atoms with E-state index >= 15 is 0 Å². The van der Waals surface area contributed by atoms with Gasteiger partial charge in [0.2, 0.25) is 5.91 Å². The summed E-state index contributed by atoms with van der Waals surface area (Å²) in [4.78, 5) is 37.7. The summed E-state index contributed by atoms with van der Waals surface area (Å²) in [6.07, 6.45) is 0. The zero-order valence-electron chi connectivity index (χ0n) is 16.0. The number of amidine groups is 1. The van der Waals surface area contributed by atoms with Crippen molar-refractivity contribution in [2.75, 3.05) is 24.7 Å². The molecular formula is C20H20N4O4S. The fraction of sp³-hybridized carbons (Fsp3) is 0.200. The molecule has 0 aliphatic carbocycles. The quantitative estimate of drug-likeness (QED) is 0.711. The molecule has 0 saturated carbocycles. The lowest BCUT2D eigenvalue weighted by Gasteiger charge is -2.12. The summed E-state index contributed by atoms with van der Waals surface area (Å²) in [7, 11) is 1.56. The van der Waals surface area contributed by atoms with Crippen LogP contribution in [-0.2, 0) is 4.79 Å². The highest BCUT2D eigenvalue weighted by atomic mass is 32.2. The molecule has 0 unspecified atom stereocenters. The molecule has 29 heavy (non-hydrogen) atoms. The number of rotatable bonds is 6. The standard InChI is InChI=1S/C20H20N4O4S/c1-3-24-17(25)12-29-20(24)23-22-19(27)14-4-8-15(9-5-14)21-18(26)13-6-10-16(28-2)11-7-13/h4-11H,3,12H2,1-2H3,(H,21,26)(H,22,27)/b23-20+. The maximum atomic E-state index is 12.3. The Hall–Kier alpha value is -3.33. The number of methoxy groups -OCH3 is 1. The van der Waals surface area contributed by atoms with Crippen LogP contribution >= 0.6 is 11.8 Å². The lowest BCUT2D eigenvalue weighted by molar-refractivity contribution is -0.123. The van der Waals surface area contributed by atoms with Gasteiger partial charge in [0.25, 0.3) is 11.8 Å². The van der Waals surface area contributed by atoms with Crippen LogP contribution in [0.15, 0.2) is 53.6 Å². The van der Waals surface area contributed by atoms with Gasteiger partial charge in [-0.2, -0.15) is 0 Å². The second kappa shape index (κ2) is 9.24. The van der Waals surface area contributed by atoms with E-state index in [0.29, 0.717) is 40.0 Å². The fourth-order valence-electron chi connectivity index (χ4n) is 2.61. The minimum atomic E-state index is -0.401. The Morgan fingerprint density at radius 2 is 1.69 bits per heavy atom. The van der Waals surface area contributed by atoms with Gasteiger partial charge in [-0.1, -0.05) is 11.8 Å². The zero-order valence-corrected chi connectivity index (χ0v) is 16.8. The Morgan fingerprint density at radius 3 is 2.31 bits per heavy atom. The van der Waals surface area contributed by atoms with Gasteiger partial charge in [0, 0.05) is 23.4 Å². The Morgan fingerprint density at radius 1 is 1.07 bits per heavy atom. The van der Waals surface area contributed by atoms with Gasteiger partial charge in [-0.15, -0.1) is 5.10 Å².